The Hall–Kier alpha value is -1.87. The molecule has 0 saturated heterocycles. The Balaban J connectivity index is 1.70. The van der Waals surface area contributed by atoms with Crippen molar-refractivity contribution < 1.29 is 0 Å². The second kappa shape index (κ2) is 4.60. The number of fused-ring (bicyclic) bond motifs is 1. The van der Waals surface area contributed by atoms with E-state index in [0.29, 0.717) is 11.0 Å². The van der Waals surface area contributed by atoms with Gasteiger partial charge in [0.1, 0.15) is 0 Å². The number of aromatic nitrogens is 1. The van der Waals surface area contributed by atoms with Gasteiger partial charge in [-0.2, -0.15) is 0 Å². The van der Waals surface area contributed by atoms with Crippen molar-refractivity contribution in [1.82, 2.24) is 4.98 Å². The Morgan fingerprint density at radius 2 is 1.90 bits per heavy atom. The van der Waals surface area contributed by atoms with Crippen LogP contribution in [0.4, 0.5) is 5.13 Å². The van der Waals surface area contributed by atoms with Gasteiger partial charge in [0.05, 0.1) is 5.69 Å². The maximum Gasteiger partial charge on any atom is 0.180 e. The minimum absolute atomic E-state index is 0.666. The summed E-state index contributed by atoms with van der Waals surface area (Å²) in [5.74, 6) is 0.666. The van der Waals surface area contributed by atoms with E-state index in [1.54, 1.807) is 11.3 Å². The maximum atomic E-state index is 5.90. The van der Waals surface area contributed by atoms with Crippen LogP contribution in [-0.4, -0.2) is 4.98 Å². The van der Waals surface area contributed by atoms with Crippen LogP contribution in [0.3, 0.4) is 0 Å². The first-order valence-electron chi connectivity index (χ1n) is 7.02. The van der Waals surface area contributed by atoms with Crippen LogP contribution < -0.4 is 5.73 Å². The van der Waals surface area contributed by atoms with E-state index in [9.17, 15) is 0 Å². The summed E-state index contributed by atoms with van der Waals surface area (Å²) in [6.07, 6.45) is 3.49. The van der Waals surface area contributed by atoms with Gasteiger partial charge in [-0.1, -0.05) is 42.5 Å². The normalized spacial score (nSPS) is 14.8. The lowest BCUT2D eigenvalue weighted by Crippen LogP contribution is -1.91. The summed E-state index contributed by atoms with van der Waals surface area (Å²) in [6.45, 7) is 0. The van der Waals surface area contributed by atoms with E-state index in [0.717, 1.165) is 6.42 Å². The molecule has 20 heavy (non-hydrogen) atoms. The number of rotatable bonds is 3. The van der Waals surface area contributed by atoms with Crippen LogP contribution in [0.25, 0.3) is 10.8 Å². The molecule has 1 saturated carbocycles. The Morgan fingerprint density at radius 1 is 1.10 bits per heavy atom. The number of nitrogen functional groups attached to an aromatic ring is 1. The van der Waals surface area contributed by atoms with Gasteiger partial charge in [0.15, 0.2) is 5.13 Å². The van der Waals surface area contributed by atoms with Gasteiger partial charge in [0, 0.05) is 17.2 Å². The molecular formula is C17H16N2S. The molecule has 1 aliphatic rings. The number of thiazole rings is 1. The minimum Gasteiger partial charge on any atom is -0.375 e. The summed E-state index contributed by atoms with van der Waals surface area (Å²) in [4.78, 5) is 5.87. The van der Waals surface area contributed by atoms with Crippen LogP contribution in [0.2, 0.25) is 0 Å². The molecule has 3 heteroatoms. The van der Waals surface area contributed by atoms with Crippen molar-refractivity contribution in [3.63, 3.8) is 0 Å². The third kappa shape index (κ3) is 2.18. The first kappa shape index (κ1) is 11.9. The summed E-state index contributed by atoms with van der Waals surface area (Å²) < 4.78 is 0. The molecule has 0 amide bonds. The fraction of sp³-hybridized carbons (Fsp3) is 0.235. The molecule has 0 spiro atoms. The SMILES string of the molecule is Nc1nc(C2CC2)c(Cc2ccc3ccccc3c2)s1. The molecule has 1 aliphatic carbocycles. The number of hydrogen-bond donors (Lipinski definition) is 1. The molecule has 2 aromatic carbocycles. The van der Waals surface area contributed by atoms with Crippen LogP contribution in [0.1, 0.15) is 34.9 Å². The van der Waals surface area contributed by atoms with Crippen LogP contribution in [0.5, 0.6) is 0 Å². The Morgan fingerprint density at radius 3 is 2.70 bits per heavy atom. The molecule has 4 rings (SSSR count). The second-order valence-corrected chi connectivity index (χ2v) is 6.61. The Labute approximate surface area is 122 Å². The van der Waals surface area contributed by atoms with Crippen LogP contribution in [-0.2, 0) is 6.42 Å². The molecule has 1 fully saturated rings. The fourth-order valence-electron chi connectivity index (χ4n) is 2.72. The molecule has 0 unspecified atom stereocenters. The highest BCUT2D eigenvalue weighted by Gasteiger charge is 2.29. The molecule has 2 N–H and O–H groups in total. The van der Waals surface area contributed by atoms with E-state index in [1.165, 1.54) is 39.7 Å². The summed E-state index contributed by atoms with van der Waals surface area (Å²) in [5.41, 5.74) is 8.49. The van der Waals surface area contributed by atoms with Crippen molar-refractivity contribution in [1.29, 1.82) is 0 Å². The first-order chi connectivity index (χ1) is 9.79. The highest BCUT2D eigenvalue weighted by molar-refractivity contribution is 7.15. The summed E-state index contributed by atoms with van der Waals surface area (Å²) >= 11 is 1.65. The van der Waals surface area contributed by atoms with Crippen molar-refractivity contribution in [2.24, 2.45) is 0 Å². The van der Waals surface area contributed by atoms with Crippen molar-refractivity contribution in [2.45, 2.75) is 25.2 Å². The lowest BCUT2D eigenvalue weighted by atomic mass is 10.0. The van der Waals surface area contributed by atoms with Gasteiger partial charge in [-0.25, -0.2) is 4.98 Å². The van der Waals surface area contributed by atoms with Crippen LogP contribution >= 0.6 is 11.3 Å². The van der Waals surface area contributed by atoms with Crippen molar-refractivity contribution in [3.8, 4) is 0 Å². The average molecular weight is 280 g/mol. The number of anilines is 1. The standard InChI is InChI=1S/C17H16N2S/c18-17-19-16(13-7-8-13)15(20-17)10-11-5-6-12-3-1-2-4-14(12)9-11/h1-6,9,13H,7-8,10H2,(H2,18,19). The predicted octanol–water partition coefficient (Wildman–Crippen LogP) is 4.35. The molecular weight excluding hydrogens is 264 g/mol. The molecule has 0 aliphatic heterocycles. The molecule has 100 valence electrons. The topological polar surface area (TPSA) is 38.9 Å². The zero-order valence-corrected chi connectivity index (χ0v) is 12.0. The monoisotopic (exact) mass is 280 g/mol. The highest BCUT2D eigenvalue weighted by Crippen LogP contribution is 2.43. The lowest BCUT2D eigenvalue weighted by molar-refractivity contribution is 1.01. The smallest absolute Gasteiger partial charge is 0.180 e. The summed E-state index contributed by atoms with van der Waals surface area (Å²) in [7, 11) is 0. The van der Waals surface area contributed by atoms with E-state index >= 15 is 0 Å². The molecule has 0 bridgehead atoms. The molecule has 2 nitrogen and oxygen atoms in total. The van der Waals surface area contributed by atoms with Crippen molar-refractivity contribution >= 4 is 27.2 Å². The van der Waals surface area contributed by atoms with Crippen LogP contribution in [0.15, 0.2) is 42.5 Å². The number of hydrogen-bond acceptors (Lipinski definition) is 3. The fourth-order valence-corrected chi connectivity index (χ4v) is 3.67. The Kier molecular flexibility index (Phi) is 2.74. The van der Waals surface area contributed by atoms with E-state index in [1.807, 2.05) is 0 Å². The molecule has 1 heterocycles. The summed E-state index contributed by atoms with van der Waals surface area (Å²) in [6, 6.07) is 15.2. The van der Waals surface area contributed by atoms with Gasteiger partial charge in [-0.05, 0) is 29.2 Å². The summed E-state index contributed by atoms with van der Waals surface area (Å²) in [5, 5.41) is 3.31. The zero-order chi connectivity index (χ0) is 13.5. The van der Waals surface area contributed by atoms with Gasteiger partial charge in [-0.3, -0.25) is 0 Å². The van der Waals surface area contributed by atoms with Gasteiger partial charge in [0.2, 0.25) is 0 Å². The largest absolute Gasteiger partial charge is 0.375 e. The van der Waals surface area contributed by atoms with Crippen molar-refractivity contribution in [3.05, 3.63) is 58.6 Å². The molecule has 1 aromatic heterocycles. The highest BCUT2D eigenvalue weighted by atomic mass is 32.1. The van der Waals surface area contributed by atoms with Gasteiger partial charge >= 0.3 is 0 Å². The molecule has 3 aromatic rings. The number of nitrogens with two attached hydrogens (primary N) is 1. The predicted molar refractivity (Wildman–Crippen MR) is 85.3 cm³/mol. The number of benzene rings is 2. The van der Waals surface area contributed by atoms with E-state index < -0.39 is 0 Å². The molecule has 0 atom stereocenters. The zero-order valence-electron chi connectivity index (χ0n) is 11.2. The van der Waals surface area contributed by atoms with Gasteiger partial charge in [-0.15, -0.1) is 11.3 Å². The van der Waals surface area contributed by atoms with E-state index in [2.05, 4.69) is 47.4 Å². The molecule has 0 radical (unpaired) electrons. The third-order valence-electron chi connectivity index (χ3n) is 3.89. The average Bonchev–Trinajstić information content (AvgIpc) is 3.23. The van der Waals surface area contributed by atoms with E-state index in [4.69, 9.17) is 5.73 Å². The number of nitrogens with zero attached hydrogens (tertiary/aromatic N) is 1. The first-order valence-corrected chi connectivity index (χ1v) is 7.84. The minimum atomic E-state index is 0.666. The Bertz CT molecular complexity index is 772. The quantitative estimate of drug-likeness (QED) is 0.774. The maximum absolute atomic E-state index is 5.90. The van der Waals surface area contributed by atoms with E-state index in [-0.39, 0.29) is 0 Å². The van der Waals surface area contributed by atoms with Crippen molar-refractivity contribution in [2.75, 3.05) is 5.73 Å². The lowest BCUT2D eigenvalue weighted by Gasteiger charge is -2.04. The second-order valence-electron chi connectivity index (χ2n) is 5.49. The van der Waals surface area contributed by atoms with Crippen LogP contribution in [0, 0.1) is 0 Å². The van der Waals surface area contributed by atoms with Gasteiger partial charge < -0.3 is 5.73 Å². The third-order valence-corrected chi connectivity index (χ3v) is 4.79. The van der Waals surface area contributed by atoms with Gasteiger partial charge in [0.25, 0.3) is 0 Å².